The molecule has 0 aromatic heterocycles. The highest BCUT2D eigenvalue weighted by Crippen LogP contribution is 2.33. The molecule has 1 aliphatic carbocycles. The fraction of sp³-hybridized carbons (Fsp3) is 0.571. The fourth-order valence-electron chi connectivity index (χ4n) is 2.60. The number of hydrogen-bond acceptors (Lipinski definition) is 2. The Balaban J connectivity index is 1.94. The van der Waals surface area contributed by atoms with Crippen molar-refractivity contribution in [2.45, 2.75) is 45.2 Å². The molecule has 0 radical (unpaired) electrons. The Labute approximate surface area is 125 Å². The Morgan fingerprint density at radius 1 is 1.28 bits per heavy atom. The van der Waals surface area contributed by atoms with E-state index in [1.165, 1.54) is 31.2 Å². The third-order valence-corrected chi connectivity index (χ3v) is 4.82. The number of rotatable bonds is 3. The molecule has 0 amide bonds. The fourth-order valence-corrected chi connectivity index (χ4v) is 3.88. The molecule has 0 heterocycles. The zero-order chi connectivity index (χ0) is 13.1. The standard InChI is InChI=1S/C14H19Br2NO/c1-9-3-2-4-11(5-9)17-8-10-6-12(15)14(18)13(16)7-10/h6-7,9,11,17-18H,2-5,8H2,1H3. The van der Waals surface area contributed by atoms with Gasteiger partial charge in [0.2, 0.25) is 0 Å². The van der Waals surface area contributed by atoms with Crippen molar-refractivity contribution in [3.8, 4) is 5.75 Å². The number of benzene rings is 1. The first-order valence-corrected chi connectivity index (χ1v) is 8.05. The van der Waals surface area contributed by atoms with Gasteiger partial charge in [-0.2, -0.15) is 0 Å². The van der Waals surface area contributed by atoms with E-state index in [1.807, 2.05) is 12.1 Å². The third-order valence-electron chi connectivity index (χ3n) is 3.61. The third kappa shape index (κ3) is 3.72. The summed E-state index contributed by atoms with van der Waals surface area (Å²) < 4.78 is 1.48. The number of nitrogens with one attached hydrogen (secondary N) is 1. The monoisotopic (exact) mass is 375 g/mol. The van der Waals surface area contributed by atoms with E-state index < -0.39 is 0 Å². The van der Waals surface area contributed by atoms with E-state index in [0.29, 0.717) is 6.04 Å². The molecule has 18 heavy (non-hydrogen) atoms. The normalized spacial score (nSPS) is 24.2. The lowest BCUT2D eigenvalue weighted by atomic mass is 9.87. The maximum Gasteiger partial charge on any atom is 0.143 e. The summed E-state index contributed by atoms with van der Waals surface area (Å²) in [5.41, 5.74) is 1.18. The van der Waals surface area contributed by atoms with Crippen molar-refractivity contribution in [2.24, 2.45) is 5.92 Å². The molecule has 1 saturated carbocycles. The summed E-state index contributed by atoms with van der Waals surface area (Å²) in [6.45, 7) is 3.19. The average Bonchev–Trinajstić information content (AvgIpc) is 2.33. The molecule has 2 atom stereocenters. The predicted molar refractivity (Wildman–Crippen MR) is 81.8 cm³/mol. The van der Waals surface area contributed by atoms with E-state index >= 15 is 0 Å². The molecule has 1 aromatic carbocycles. The molecule has 4 heteroatoms. The van der Waals surface area contributed by atoms with Crippen molar-refractivity contribution in [3.05, 3.63) is 26.6 Å². The van der Waals surface area contributed by atoms with Gasteiger partial charge < -0.3 is 10.4 Å². The molecule has 1 aliphatic rings. The summed E-state index contributed by atoms with van der Waals surface area (Å²) in [4.78, 5) is 0. The van der Waals surface area contributed by atoms with E-state index in [2.05, 4.69) is 44.1 Å². The van der Waals surface area contributed by atoms with Crippen molar-refractivity contribution in [1.29, 1.82) is 0 Å². The lowest BCUT2D eigenvalue weighted by molar-refractivity contribution is 0.300. The molecular formula is C14H19Br2NO. The molecule has 1 aromatic rings. The maximum atomic E-state index is 9.67. The second kappa shape index (κ2) is 6.40. The van der Waals surface area contributed by atoms with Crippen LogP contribution in [0.25, 0.3) is 0 Å². The van der Waals surface area contributed by atoms with Crippen LogP contribution in [-0.4, -0.2) is 11.1 Å². The lowest BCUT2D eigenvalue weighted by Crippen LogP contribution is -2.33. The van der Waals surface area contributed by atoms with Crippen LogP contribution < -0.4 is 5.32 Å². The van der Waals surface area contributed by atoms with Gasteiger partial charge in [0.1, 0.15) is 5.75 Å². The highest BCUT2D eigenvalue weighted by atomic mass is 79.9. The number of phenolic OH excluding ortho intramolecular Hbond substituents is 1. The van der Waals surface area contributed by atoms with Crippen LogP contribution in [0.15, 0.2) is 21.1 Å². The Kier molecular flexibility index (Phi) is 5.10. The molecule has 0 spiro atoms. The SMILES string of the molecule is CC1CCCC(NCc2cc(Br)c(O)c(Br)c2)C1. The number of hydrogen-bond donors (Lipinski definition) is 2. The first-order chi connectivity index (χ1) is 8.56. The Hall–Kier alpha value is -0.0600. The lowest BCUT2D eigenvalue weighted by Gasteiger charge is -2.27. The number of phenols is 1. The van der Waals surface area contributed by atoms with Gasteiger partial charge in [0.25, 0.3) is 0 Å². The summed E-state index contributed by atoms with van der Waals surface area (Å²) in [5, 5.41) is 13.3. The van der Waals surface area contributed by atoms with Gasteiger partial charge in [0.15, 0.2) is 0 Å². The minimum absolute atomic E-state index is 0.269. The summed E-state index contributed by atoms with van der Waals surface area (Å²) in [7, 11) is 0. The van der Waals surface area contributed by atoms with Gasteiger partial charge in [-0.05, 0) is 68.3 Å². The van der Waals surface area contributed by atoms with Gasteiger partial charge in [-0.1, -0.05) is 19.8 Å². The minimum atomic E-state index is 0.269. The van der Waals surface area contributed by atoms with Crippen LogP contribution in [0.2, 0.25) is 0 Å². The first kappa shape index (κ1) is 14.4. The second-order valence-corrected chi connectivity index (χ2v) is 6.97. The van der Waals surface area contributed by atoms with E-state index in [0.717, 1.165) is 21.4 Å². The maximum absolute atomic E-state index is 9.67. The van der Waals surface area contributed by atoms with E-state index in [1.54, 1.807) is 0 Å². The molecule has 2 N–H and O–H groups in total. The topological polar surface area (TPSA) is 32.3 Å². The minimum Gasteiger partial charge on any atom is -0.506 e. The molecule has 100 valence electrons. The van der Waals surface area contributed by atoms with Crippen LogP contribution in [0, 0.1) is 5.92 Å². The summed E-state index contributed by atoms with van der Waals surface area (Å²) in [6.07, 6.45) is 5.27. The highest BCUT2D eigenvalue weighted by molar-refractivity contribution is 9.11. The van der Waals surface area contributed by atoms with E-state index in [4.69, 9.17) is 0 Å². The Morgan fingerprint density at radius 3 is 2.56 bits per heavy atom. The number of aromatic hydroxyl groups is 1. The van der Waals surface area contributed by atoms with Crippen LogP contribution in [0.5, 0.6) is 5.75 Å². The predicted octanol–water partition coefficient (Wildman–Crippen LogP) is 4.59. The van der Waals surface area contributed by atoms with E-state index in [-0.39, 0.29) is 5.75 Å². The summed E-state index contributed by atoms with van der Waals surface area (Å²) in [5.74, 6) is 1.11. The first-order valence-electron chi connectivity index (χ1n) is 6.46. The van der Waals surface area contributed by atoms with Gasteiger partial charge >= 0.3 is 0 Å². The Bertz CT molecular complexity index is 399. The highest BCUT2D eigenvalue weighted by Gasteiger charge is 2.18. The molecule has 2 unspecified atom stereocenters. The van der Waals surface area contributed by atoms with Crippen molar-refractivity contribution >= 4 is 31.9 Å². The molecule has 2 rings (SSSR count). The average molecular weight is 377 g/mol. The Morgan fingerprint density at radius 2 is 1.94 bits per heavy atom. The van der Waals surface area contributed by atoms with Crippen LogP contribution in [0.1, 0.15) is 38.2 Å². The smallest absolute Gasteiger partial charge is 0.143 e. The molecule has 0 saturated heterocycles. The number of halogens is 2. The quantitative estimate of drug-likeness (QED) is 0.808. The van der Waals surface area contributed by atoms with Gasteiger partial charge in [0.05, 0.1) is 8.95 Å². The van der Waals surface area contributed by atoms with Crippen molar-refractivity contribution < 1.29 is 5.11 Å². The van der Waals surface area contributed by atoms with Gasteiger partial charge in [-0.15, -0.1) is 0 Å². The summed E-state index contributed by atoms with van der Waals surface area (Å²) >= 11 is 6.73. The van der Waals surface area contributed by atoms with Gasteiger partial charge in [-0.3, -0.25) is 0 Å². The molecule has 1 fully saturated rings. The molecule has 0 aliphatic heterocycles. The van der Waals surface area contributed by atoms with Crippen LogP contribution in [0.4, 0.5) is 0 Å². The van der Waals surface area contributed by atoms with Crippen LogP contribution in [-0.2, 0) is 6.54 Å². The van der Waals surface area contributed by atoms with Crippen molar-refractivity contribution in [3.63, 3.8) is 0 Å². The van der Waals surface area contributed by atoms with E-state index in [9.17, 15) is 5.11 Å². The molecule has 2 nitrogen and oxygen atoms in total. The zero-order valence-electron chi connectivity index (χ0n) is 10.5. The largest absolute Gasteiger partial charge is 0.506 e. The second-order valence-electron chi connectivity index (χ2n) is 5.26. The van der Waals surface area contributed by atoms with Gasteiger partial charge in [-0.25, -0.2) is 0 Å². The molecule has 0 bridgehead atoms. The van der Waals surface area contributed by atoms with Crippen molar-refractivity contribution in [2.75, 3.05) is 0 Å². The van der Waals surface area contributed by atoms with Crippen molar-refractivity contribution in [1.82, 2.24) is 5.32 Å². The van der Waals surface area contributed by atoms with Crippen LogP contribution >= 0.6 is 31.9 Å². The van der Waals surface area contributed by atoms with Gasteiger partial charge in [0, 0.05) is 12.6 Å². The summed E-state index contributed by atoms with van der Waals surface area (Å²) in [6, 6.07) is 4.58. The molecular weight excluding hydrogens is 358 g/mol. The zero-order valence-corrected chi connectivity index (χ0v) is 13.7. The van der Waals surface area contributed by atoms with Crippen LogP contribution in [0.3, 0.4) is 0 Å².